The second kappa shape index (κ2) is 9.67. The summed E-state index contributed by atoms with van der Waals surface area (Å²) in [5, 5.41) is 1.36. The van der Waals surface area contributed by atoms with E-state index in [0.29, 0.717) is 43.9 Å². The summed E-state index contributed by atoms with van der Waals surface area (Å²) in [5.41, 5.74) is 1.57. The van der Waals surface area contributed by atoms with Gasteiger partial charge in [0.05, 0.1) is 10.6 Å². The molecule has 0 bridgehead atoms. The molecule has 1 aliphatic rings. The van der Waals surface area contributed by atoms with Crippen LogP contribution in [0.2, 0.25) is 15.1 Å². The van der Waals surface area contributed by atoms with Crippen LogP contribution in [0.25, 0.3) is 0 Å². The van der Waals surface area contributed by atoms with E-state index in [9.17, 15) is 9.59 Å². The summed E-state index contributed by atoms with van der Waals surface area (Å²) in [5.74, 6) is 0.0386. The number of halogens is 3. The lowest BCUT2D eigenvalue weighted by atomic mass is 9.76. The number of rotatable bonds is 6. The Kier molecular flexibility index (Phi) is 7.06. The molecule has 1 aliphatic carbocycles. The molecule has 2 aromatic carbocycles. The number of benzene rings is 2. The van der Waals surface area contributed by atoms with Crippen molar-refractivity contribution >= 4 is 57.9 Å². The highest BCUT2D eigenvalue weighted by Gasteiger charge is 2.36. The number of ketones is 1. The Bertz CT molecular complexity index is 1230. The van der Waals surface area contributed by atoms with Gasteiger partial charge in [0, 0.05) is 37.3 Å². The fourth-order valence-corrected chi connectivity index (χ4v) is 6.03. The van der Waals surface area contributed by atoms with Crippen molar-refractivity contribution < 1.29 is 19.1 Å². The van der Waals surface area contributed by atoms with Crippen LogP contribution in [0.5, 0.6) is 5.75 Å². The maximum Gasteiger partial charge on any atom is 0.338 e. The van der Waals surface area contributed by atoms with Gasteiger partial charge in [-0.1, -0.05) is 54.7 Å². The first-order valence-corrected chi connectivity index (χ1v) is 12.3. The molecule has 1 aromatic heterocycles. The van der Waals surface area contributed by atoms with Crippen molar-refractivity contribution in [1.29, 1.82) is 0 Å². The van der Waals surface area contributed by atoms with Gasteiger partial charge in [0.1, 0.15) is 19.0 Å². The highest BCUT2D eigenvalue weighted by Crippen LogP contribution is 2.42. The molecule has 3 aromatic rings. The van der Waals surface area contributed by atoms with Gasteiger partial charge in [0.25, 0.3) is 0 Å². The number of esters is 1. The van der Waals surface area contributed by atoms with Crippen LogP contribution in [0.15, 0.2) is 42.5 Å². The molecule has 4 nitrogen and oxygen atoms in total. The van der Waals surface area contributed by atoms with Crippen LogP contribution in [-0.2, 0) is 24.4 Å². The number of fused-ring (bicyclic) bond motifs is 1. The minimum atomic E-state index is -0.506. The Labute approximate surface area is 211 Å². The van der Waals surface area contributed by atoms with E-state index in [1.165, 1.54) is 11.3 Å². The van der Waals surface area contributed by atoms with Crippen molar-refractivity contribution in [1.82, 2.24) is 0 Å². The van der Waals surface area contributed by atoms with Gasteiger partial charge in [-0.2, -0.15) is 0 Å². The summed E-state index contributed by atoms with van der Waals surface area (Å²) in [4.78, 5) is 27.4. The number of thiophene rings is 1. The lowest BCUT2D eigenvalue weighted by Gasteiger charge is -2.28. The molecule has 4 rings (SSSR count). The molecule has 0 atom stereocenters. The SMILES string of the molecule is CC1(C)CC(=O)c2c(sc(COc3ccc(Cl)cc3Cl)c2COC(=O)c2cccc(Cl)c2)C1. The van der Waals surface area contributed by atoms with Crippen LogP contribution in [0.1, 0.15) is 56.3 Å². The molecule has 172 valence electrons. The Hall–Kier alpha value is -2.05. The fourth-order valence-electron chi connectivity index (χ4n) is 3.88. The lowest BCUT2D eigenvalue weighted by molar-refractivity contribution is 0.0468. The molecular weight excluding hydrogens is 503 g/mol. The molecule has 0 aliphatic heterocycles. The molecule has 1 heterocycles. The first-order valence-electron chi connectivity index (χ1n) is 10.3. The smallest absolute Gasteiger partial charge is 0.338 e. The van der Waals surface area contributed by atoms with Gasteiger partial charge in [0.2, 0.25) is 0 Å². The third kappa shape index (κ3) is 5.55. The number of Topliss-reactive ketones (excluding diaryl/α,β-unsaturated/α-hetero) is 1. The monoisotopic (exact) mass is 522 g/mol. The van der Waals surface area contributed by atoms with E-state index in [2.05, 4.69) is 13.8 Å². The number of hydrogen-bond acceptors (Lipinski definition) is 5. The highest BCUT2D eigenvalue weighted by molar-refractivity contribution is 7.12. The highest BCUT2D eigenvalue weighted by atomic mass is 35.5. The molecule has 0 N–H and O–H groups in total. The van der Waals surface area contributed by atoms with Crippen molar-refractivity contribution in [3.05, 3.63) is 84.0 Å². The van der Waals surface area contributed by atoms with Crippen molar-refractivity contribution in [2.75, 3.05) is 0 Å². The first-order chi connectivity index (χ1) is 15.6. The maximum atomic E-state index is 13.0. The molecule has 0 amide bonds. The quantitative estimate of drug-likeness (QED) is 0.309. The van der Waals surface area contributed by atoms with Crippen LogP contribution in [0.4, 0.5) is 0 Å². The molecule has 0 spiro atoms. The van der Waals surface area contributed by atoms with E-state index < -0.39 is 5.97 Å². The van der Waals surface area contributed by atoms with Crippen LogP contribution in [0.3, 0.4) is 0 Å². The lowest BCUT2D eigenvalue weighted by Crippen LogP contribution is -2.26. The number of hydrogen-bond donors (Lipinski definition) is 0. The van der Waals surface area contributed by atoms with E-state index in [4.69, 9.17) is 44.3 Å². The van der Waals surface area contributed by atoms with Crippen LogP contribution < -0.4 is 4.74 Å². The van der Waals surface area contributed by atoms with Crippen molar-refractivity contribution in [2.45, 2.75) is 39.9 Å². The molecule has 33 heavy (non-hydrogen) atoms. The predicted molar refractivity (Wildman–Crippen MR) is 132 cm³/mol. The average molecular weight is 524 g/mol. The third-order valence-electron chi connectivity index (χ3n) is 5.38. The maximum absolute atomic E-state index is 13.0. The van der Waals surface area contributed by atoms with E-state index in [1.54, 1.807) is 42.5 Å². The van der Waals surface area contributed by atoms with Gasteiger partial charge in [-0.15, -0.1) is 11.3 Å². The summed E-state index contributed by atoms with van der Waals surface area (Å²) in [6.07, 6.45) is 1.21. The van der Waals surface area contributed by atoms with Crippen molar-refractivity contribution in [2.24, 2.45) is 5.41 Å². The first kappa shape index (κ1) is 24.1. The average Bonchev–Trinajstić information content (AvgIpc) is 3.07. The molecule has 0 unspecified atom stereocenters. The Balaban J connectivity index is 1.61. The summed E-state index contributed by atoms with van der Waals surface area (Å²) in [6, 6.07) is 11.6. The zero-order valence-electron chi connectivity index (χ0n) is 18.0. The molecule has 0 saturated heterocycles. The van der Waals surface area contributed by atoms with Gasteiger partial charge < -0.3 is 9.47 Å². The molecule has 0 radical (unpaired) electrons. The van der Waals surface area contributed by atoms with Crippen molar-refractivity contribution in [3.8, 4) is 5.75 Å². The van der Waals surface area contributed by atoms with Gasteiger partial charge in [0.15, 0.2) is 5.78 Å². The van der Waals surface area contributed by atoms with Gasteiger partial charge in [-0.3, -0.25) is 4.79 Å². The second-order valence-electron chi connectivity index (χ2n) is 8.69. The van der Waals surface area contributed by atoms with E-state index in [-0.39, 0.29) is 24.4 Å². The van der Waals surface area contributed by atoms with Crippen LogP contribution in [-0.4, -0.2) is 11.8 Å². The minimum Gasteiger partial charge on any atom is -0.486 e. The Morgan fingerprint density at radius 1 is 1.03 bits per heavy atom. The summed E-state index contributed by atoms with van der Waals surface area (Å²) < 4.78 is 11.5. The van der Waals surface area contributed by atoms with E-state index >= 15 is 0 Å². The number of carbonyl (C=O) groups excluding carboxylic acids is 2. The zero-order valence-corrected chi connectivity index (χ0v) is 21.1. The molecule has 8 heteroatoms. The summed E-state index contributed by atoms with van der Waals surface area (Å²) in [6.45, 7) is 4.32. The van der Waals surface area contributed by atoms with Gasteiger partial charge in [-0.05, 0) is 48.2 Å². The zero-order chi connectivity index (χ0) is 23.8. The standard InChI is InChI=1S/C25H21Cl3O4S/c1-25(2)10-19(29)23-17(12-32-24(30)14-4-3-5-15(26)8-14)22(33-21(23)11-25)13-31-20-7-6-16(27)9-18(20)28/h3-9H,10-13H2,1-2H3. The normalized spacial score (nSPS) is 14.6. The number of carbonyl (C=O) groups is 2. The second-order valence-corrected chi connectivity index (χ2v) is 11.2. The van der Waals surface area contributed by atoms with E-state index in [0.717, 1.165) is 16.2 Å². The summed E-state index contributed by atoms with van der Waals surface area (Å²) >= 11 is 19.7. The third-order valence-corrected chi connectivity index (χ3v) is 7.35. The topological polar surface area (TPSA) is 52.6 Å². The molecular formula is C25H21Cl3O4S. The van der Waals surface area contributed by atoms with Crippen molar-refractivity contribution in [3.63, 3.8) is 0 Å². The predicted octanol–water partition coefficient (Wildman–Crippen LogP) is 7.80. The van der Waals surface area contributed by atoms with E-state index in [1.807, 2.05) is 0 Å². The Morgan fingerprint density at radius 2 is 1.79 bits per heavy atom. The Morgan fingerprint density at radius 3 is 2.52 bits per heavy atom. The minimum absolute atomic E-state index is 0.0314. The van der Waals surface area contributed by atoms with Gasteiger partial charge >= 0.3 is 5.97 Å². The largest absolute Gasteiger partial charge is 0.486 e. The van der Waals surface area contributed by atoms with Gasteiger partial charge in [-0.25, -0.2) is 4.79 Å². The number of ether oxygens (including phenoxy) is 2. The fraction of sp³-hybridized carbons (Fsp3) is 0.280. The van der Waals surface area contributed by atoms with Crippen LogP contribution in [0, 0.1) is 5.41 Å². The molecule has 0 fully saturated rings. The molecule has 0 saturated carbocycles. The van der Waals surface area contributed by atoms with Crippen LogP contribution >= 0.6 is 46.1 Å². The summed E-state index contributed by atoms with van der Waals surface area (Å²) in [7, 11) is 0.